The molecule has 22 heavy (non-hydrogen) atoms. The summed E-state index contributed by atoms with van der Waals surface area (Å²) in [4.78, 5) is 11.6. The zero-order chi connectivity index (χ0) is 15.5. The minimum Gasteiger partial charge on any atom is -0.379 e. The summed E-state index contributed by atoms with van der Waals surface area (Å²) in [6, 6.07) is 7.10. The number of Topliss-reactive ketones (excluding diaryl/α,β-unsaturated/α-hetero) is 1. The summed E-state index contributed by atoms with van der Waals surface area (Å²) in [5.41, 5.74) is 1.52. The summed E-state index contributed by atoms with van der Waals surface area (Å²) in [6.07, 6.45) is 6.91. The summed E-state index contributed by atoms with van der Waals surface area (Å²) >= 11 is 0. The fourth-order valence-electron chi connectivity index (χ4n) is 3.06. The van der Waals surface area contributed by atoms with E-state index in [4.69, 9.17) is 0 Å². The van der Waals surface area contributed by atoms with Gasteiger partial charge in [0.25, 0.3) is 0 Å². The van der Waals surface area contributed by atoms with Gasteiger partial charge in [0.15, 0.2) is 5.78 Å². The van der Waals surface area contributed by atoms with Crippen molar-refractivity contribution < 1.29 is 9.18 Å². The van der Waals surface area contributed by atoms with E-state index in [0.717, 1.165) is 5.69 Å². The van der Waals surface area contributed by atoms with Crippen molar-refractivity contribution in [1.82, 2.24) is 9.78 Å². The molecule has 0 bridgehead atoms. The van der Waals surface area contributed by atoms with E-state index in [1.54, 1.807) is 12.1 Å². The van der Waals surface area contributed by atoms with Gasteiger partial charge in [0, 0.05) is 11.9 Å². The fourth-order valence-corrected chi connectivity index (χ4v) is 3.06. The smallest absolute Gasteiger partial charge is 0.164 e. The molecule has 1 aromatic heterocycles. The van der Waals surface area contributed by atoms with E-state index in [0.29, 0.717) is 18.3 Å². The van der Waals surface area contributed by atoms with Crippen LogP contribution in [-0.2, 0) is 6.54 Å². The first kappa shape index (κ1) is 14.8. The number of halogens is 1. The Labute approximate surface area is 129 Å². The number of hydrogen-bond donors (Lipinski definition) is 1. The van der Waals surface area contributed by atoms with Crippen LogP contribution >= 0.6 is 0 Å². The minimum absolute atomic E-state index is 0.109. The van der Waals surface area contributed by atoms with E-state index in [1.807, 2.05) is 16.9 Å². The van der Waals surface area contributed by atoms with Gasteiger partial charge in [-0.2, -0.15) is 5.10 Å². The van der Waals surface area contributed by atoms with Gasteiger partial charge in [0.2, 0.25) is 0 Å². The van der Waals surface area contributed by atoms with E-state index >= 15 is 0 Å². The van der Waals surface area contributed by atoms with Crippen molar-refractivity contribution in [3.63, 3.8) is 0 Å². The van der Waals surface area contributed by atoms with Crippen LogP contribution in [0.5, 0.6) is 0 Å². The third-order valence-electron chi connectivity index (χ3n) is 4.19. The number of nitrogens with one attached hydrogen (secondary N) is 1. The van der Waals surface area contributed by atoms with Gasteiger partial charge in [-0.1, -0.05) is 18.9 Å². The number of carbonyl (C=O) groups excluding carboxylic acids is 1. The largest absolute Gasteiger partial charge is 0.379 e. The molecule has 1 fully saturated rings. The second-order valence-corrected chi connectivity index (χ2v) is 5.80. The number of ketones is 1. The maximum atomic E-state index is 13.8. The van der Waals surface area contributed by atoms with Crippen molar-refractivity contribution in [2.24, 2.45) is 0 Å². The number of aromatic nitrogens is 2. The summed E-state index contributed by atoms with van der Waals surface area (Å²) in [5.74, 6) is -0.772. The van der Waals surface area contributed by atoms with Crippen LogP contribution in [0.15, 0.2) is 30.5 Å². The molecule has 1 N–H and O–H groups in total. The van der Waals surface area contributed by atoms with Crippen molar-refractivity contribution in [2.45, 2.75) is 45.2 Å². The SMILES string of the molecule is CC(=O)c1c(F)cccc1NCc1ccn(C2CCCC2)n1. The van der Waals surface area contributed by atoms with Crippen molar-refractivity contribution in [1.29, 1.82) is 0 Å². The van der Waals surface area contributed by atoms with E-state index < -0.39 is 5.82 Å². The zero-order valence-electron chi connectivity index (χ0n) is 12.7. The van der Waals surface area contributed by atoms with Gasteiger partial charge in [-0.25, -0.2) is 4.39 Å². The average Bonchev–Trinajstić information content (AvgIpc) is 3.15. The highest BCUT2D eigenvalue weighted by atomic mass is 19.1. The molecule has 0 atom stereocenters. The van der Waals surface area contributed by atoms with E-state index in [1.165, 1.54) is 38.7 Å². The number of nitrogens with zero attached hydrogens (tertiary/aromatic N) is 2. The van der Waals surface area contributed by atoms with Crippen molar-refractivity contribution in [3.05, 3.63) is 47.5 Å². The molecule has 5 heteroatoms. The fraction of sp³-hybridized carbons (Fsp3) is 0.412. The lowest BCUT2D eigenvalue weighted by molar-refractivity contribution is 0.101. The monoisotopic (exact) mass is 301 g/mol. The zero-order valence-corrected chi connectivity index (χ0v) is 12.7. The van der Waals surface area contributed by atoms with Gasteiger partial charge in [-0.05, 0) is 38.0 Å². The maximum absolute atomic E-state index is 13.8. The molecule has 0 aliphatic heterocycles. The van der Waals surface area contributed by atoms with Crippen LogP contribution < -0.4 is 5.32 Å². The molecule has 3 rings (SSSR count). The number of rotatable bonds is 5. The Hall–Kier alpha value is -2.17. The van der Waals surface area contributed by atoms with E-state index in [2.05, 4.69) is 10.4 Å². The lowest BCUT2D eigenvalue weighted by Crippen LogP contribution is -2.09. The topological polar surface area (TPSA) is 46.9 Å². The van der Waals surface area contributed by atoms with Gasteiger partial charge in [-0.3, -0.25) is 9.48 Å². The molecule has 116 valence electrons. The maximum Gasteiger partial charge on any atom is 0.164 e. The molecule has 0 radical (unpaired) electrons. The van der Waals surface area contributed by atoms with Crippen LogP contribution in [0, 0.1) is 5.82 Å². The first-order valence-electron chi connectivity index (χ1n) is 7.72. The summed E-state index contributed by atoms with van der Waals surface area (Å²) in [6.45, 7) is 1.85. The van der Waals surface area contributed by atoms with Crippen LogP contribution in [0.25, 0.3) is 0 Å². The lowest BCUT2D eigenvalue weighted by Gasteiger charge is -2.11. The molecule has 1 heterocycles. The Morgan fingerprint density at radius 2 is 2.14 bits per heavy atom. The van der Waals surface area contributed by atoms with Crippen LogP contribution in [0.3, 0.4) is 0 Å². The Balaban J connectivity index is 1.70. The normalized spacial score (nSPS) is 15.2. The molecule has 1 aliphatic carbocycles. The molecule has 1 saturated carbocycles. The van der Waals surface area contributed by atoms with Gasteiger partial charge < -0.3 is 5.32 Å². The third-order valence-corrected chi connectivity index (χ3v) is 4.19. The van der Waals surface area contributed by atoms with Crippen molar-refractivity contribution >= 4 is 11.5 Å². The Bertz CT molecular complexity index is 674. The summed E-state index contributed by atoms with van der Waals surface area (Å²) in [7, 11) is 0. The molecule has 0 spiro atoms. The van der Waals surface area contributed by atoms with Gasteiger partial charge in [0.1, 0.15) is 5.82 Å². The number of carbonyl (C=O) groups is 1. The quantitative estimate of drug-likeness (QED) is 0.851. The van der Waals surface area contributed by atoms with Gasteiger partial charge in [0.05, 0.1) is 23.8 Å². The number of hydrogen-bond acceptors (Lipinski definition) is 3. The van der Waals surface area contributed by atoms with Crippen molar-refractivity contribution in [3.8, 4) is 0 Å². The molecular weight excluding hydrogens is 281 g/mol. The second-order valence-electron chi connectivity index (χ2n) is 5.80. The van der Waals surface area contributed by atoms with Crippen LogP contribution in [0.2, 0.25) is 0 Å². The Morgan fingerprint density at radius 3 is 2.86 bits per heavy atom. The molecular formula is C17H20FN3O. The molecule has 0 saturated heterocycles. The molecule has 1 aliphatic rings. The van der Waals surface area contributed by atoms with Gasteiger partial charge in [-0.15, -0.1) is 0 Å². The first-order chi connectivity index (χ1) is 10.6. The number of benzene rings is 1. The Morgan fingerprint density at radius 1 is 1.36 bits per heavy atom. The average molecular weight is 301 g/mol. The molecule has 4 nitrogen and oxygen atoms in total. The molecule has 0 unspecified atom stereocenters. The molecule has 1 aromatic carbocycles. The van der Waals surface area contributed by atoms with Crippen LogP contribution in [-0.4, -0.2) is 15.6 Å². The van der Waals surface area contributed by atoms with Crippen molar-refractivity contribution in [2.75, 3.05) is 5.32 Å². The highest BCUT2D eigenvalue weighted by Crippen LogP contribution is 2.28. The molecule has 0 amide bonds. The van der Waals surface area contributed by atoms with Crippen LogP contribution in [0.1, 0.15) is 54.7 Å². The number of anilines is 1. The third kappa shape index (κ3) is 3.03. The second kappa shape index (κ2) is 6.30. The minimum atomic E-state index is -0.492. The highest BCUT2D eigenvalue weighted by Gasteiger charge is 2.18. The first-order valence-corrected chi connectivity index (χ1v) is 7.72. The predicted octanol–water partition coefficient (Wildman–Crippen LogP) is 3.95. The lowest BCUT2D eigenvalue weighted by atomic mass is 10.1. The molecule has 2 aromatic rings. The van der Waals surface area contributed by atoms with Crippen LogP contribution in [0.4, 0.5) is 10.1 Å². The highest BCUT2D eigenvalue weighted by molar-refractivity contribution is 5.99. The summed E-state index contributed by atoms with van der Waals surface area (Å²) in [5, 5.41) is 7.70. The summed E-state index contributed by atoms with van der Waals surface area (Å²) < 4.78 is 15.8. The predicted molar refractivity (Wildman–Crippen MR) is 83.5 cm³/mol. The van der Waals surface area contributed by atoms with Gasteiger partial charge >= 0.3 is 0 Å². The van der Waals surface area contributed by atoms with E-state index in [-0.39, 0.29) is 11.3 Å². The van der Waals surface area contributed by atoms with E-state index in [9.17, 15) is 9.18 Å². The standard InChI is InChI=1S/C17H20FN3O/c1-12(22)17-15(18)7-4-8-16(17)19-11-13-9-10-21(20-13)14-5-2-3-6-14/h4,7-10,14,19H,2-3,5-6,11H2,1H3. The Kier molecular flexibility index (Phi) is 4.22.